The summed E-state index contributed by atoms with van der Waals surface area (Å²) >= 11 is 12.0. The van der Waals surface area contributed by atoms with Crippen LogP contribution in [-0.2, 0) is 14.8 Å². The minimum Gasteiger partial charge on any atom is -0.325 e. The minimum atomic E-state index is -3.79. The normalized spacial score (nSPS) is 11.1. The predicted molar refractivity (Wildman–Crippen MR) is 92.8 cm³/mol. The number of nitrogens with one attached hydrogen (secondary N) is 2. The van der Waals surface area contributed by atoms with Gasteiger partial charge < -0.3 is 5.32 Å². The number of aryl methyl sites for hydroxylation is 1. The highest BCUT2D eigenvalue weighted by Crippen LogP contribution is 2.27. The summed E-state index contributed by atoms with van der Waals surface area (Å²) in [6.45, 7) is 3.14. The van der Waals surface area contributed by atoms with E-state index in [2.05, 4.69) is 10.0 Å². The molecule has 2 aromatic carbocycles. The number of hydrogen-bond acceptors (Lipinski definition) is 3. The molecule has 8 heteroatoms. The Labute approximate surface area is 144 Å². The van der Waals surface area contributed by atoms with E-state index in [-0.39, 0.29) is 21.5 Å². The van der Waals surface area contributed by atoms with Crippen molar-refractivity contribution in [2.45, 2.75) is 18.7 Å². The third kappa shape index (κ3) is 4.37. The van der Waals surface area contributed by atoms with Crippen molar-refractivity contribution in [3.63, 3.8) is 0 Å². The maximum atomic E-state index is 12.4. The molecule has 0 fully saturated rings. The van der Waals surface area contributed by atoms with Gasteiger partial charge in [0.25, 0.3) is 10.0 Å². The molecule has 5 nitrogen and oxygen atoms in total. The zero-order valence-corrected chi connectivity index (χ0v) is 14.7. The van der Waals surface area contributed by atoms with Crippen molar-refractivity contribution in [3.05, 3.63) is 52.0 Å². The monoisotopic (exact) mass is 372 g/mol. The number of sulfonamides is 1. The SMILES string of the molecule is CC(=O)Nc1ccc(NS(=O)(=O)c2ccc(C)c(Cl)c2)cc1Cl. The van der Waals surface area contributed by atoms with E-state index in [1.165, 1.54) is 37.3 Å². The van der Waals surface area contributed by atoms with Crippen LogP contribution in [-0.4, -0.2) is 14.3 Å². The summed E-state index contributed by atoms with van der Waals surface area (Å²) in [7, 11) is -3.79. The zero-order valence-electron chi connectivity index (χ0n) is 12.4. The van der Waals surface area contributed by atoms with Gasteiger partial charge in [0.15, 0.2) is 0 Å². The highest BCUT2D eigenvalue weighted by Gasteiger charge is 2.16. The molecule has 0 aliphatic rings. The molecule has 0 spiro atoms. The van der Waals surface area contributed by atoms with Crippen LogP contribution in [0.25, 0.3) is 0 Å². The fraction of sp³-hybridized carbons (Fsp3) is 0.133. The lowest BCUT2D eigenvalue weighted by atomic mass is 10.2. The molecule has 2 rings (SSSR count). The molecule has 2 N–H and O–H groups in total. The van der Waals surface area contributed by atoms with Crippen LogP contribution in [0.2, 0.25) is 10.0 Å². The lowest BCUT2D eigenvalue weighted by Gasteiger charge is -2.11. The van der Waals surface area contributed by atoms with Gasteiger partial charge in [0.1, 0.15) is 0 Å². The summed E-state index contributed by atoms with van der Waals surface area (Å²) in [5.74, 6) is -0.269. The summed E-state index contributed by atoms with van der Waals surface area (Å²) in [5, 5.41) is 3.13. The number of halogens is 2. The highest BCUT2D eigenvalue weighted by molar-refractivity contribution is 7.92. The maximum Gasteiger partial charge on any atom is 0.261 e. The van der Waals surface area contributed by atoms with Crippen LogP contribution < -0.4 is 10.0 Å². The van der Waals surface area contributed by atoms with Gasteiger partial charge in [0.05, 0.1) is 21.3 Å². The molecule has 0 aliphatic heterocycles. The van der Waals surface area contributed by atoms with E-state index in [1.54, 1.807) is 13.0 Å². The van der Waals surface area contributed by atoms with Crippen LogP contribution in [0, 0.1) is 6.92 Å². The summed E-state index contributed by atoms with van der Waals surface area (Å²) in [6.07, 6.45) is 0. The Kier molecular flexibility index (Phi) is 5.19. The van der Waals surface area contributed by atoms with Crippen molar-refractivity contribution >= 4 is 50.5 Å². The van der Waals surface area contributed by atoms with Crippen molar-refractivity contribution < 1.29 is 13.2 Å². The molecule has 0 atom stereocenters. The number of benzene rings is 2. The minimum absolute atomic E-state index is 0.0511. The van der Waals surface area contributed by atoms with Gasteiger partial charge in [-0.1, -0.05) is 29.3 Å². The Morgan fingerprint density at radius 2 is 1.74 bits per heavy atom. The quantitative estimate of drug-likeness (QED) is 0.849. The number of rotatable bonds is 4. The van der Waals surface area contributed by atoms with Gasteiger partial charge >= 0.3 is 0 Å². The topological polar surface area (TPSA) is 75.3 Å². The number of carbonyl (C=O) groups is 1. The molecule has 122 valence electrons. The number of amides is 1. The largest absolute Gasteiger partial charge is 0.325 e. The Bertz CT molecular complexity index is 867. The van der Waals surface area contributed by atoms with Gasteiger partial charge in [-0.05, 0) is 42.8 Å². The zero-order chi connectivity index (χ0) is 17.2. The molecule has 0 aliphatic carbocycles. The fourth-order valence-electron chi connectivity index (χ4n) is 1.82. The van der Waals surface area contributed by atoms with Crippen LogP contribution >= 0.6 is 23.2 Å². The molecular formula is C15H14Cl2N2O3S. The molecule has 1 amide bonds. The first-order chi connectivity index (χ1) is 10.7. The van der Waals surface area contributed by atoms with Gasteiger partial charge in [-0.3, -0.25) is 9.52 Å². The average molecular weight is 373 g/mol. The molecule has 2 aromatic rings. The molecule has 0 aromatic heterocycles. The van der Waals surface area contributed by atoms with Gasteiger partial charge in [-0.2, -0.15) is 0 Å². The molecule has 0 unspecified atom stereocenters. The van der Waals surface area contributed by atoms with Crippen LogP contribution in [0.15, 0.2) is 41.3 Å². The van der Waals surface area contributed by atoms with Crippen LogP contribution in [0.5, 0.6) is 0 Å². The summed E-state index contributed by atoms with van der Waals surface area (Å²) < 4.78 is 27.1. The summed E-state index contributed by atoms with van der Waals surface area (Å²) in [5.41, 5.74) is 1.47. The Hall–Kier alpha value is -1.76. The predicted octanol–water partition coefficient (Wildman–Crippen LogP) is 4.06. The lowest BCUT2D eigenvalue weighted by Crippen LogP contribution is -2.13. The van der Waals surface area contributed by atoms with E-state index in [4.69, 9.17) is 23.2 Å². The Morgan fingerprint density at radius 3 is 2.30 bits per heavy atom. The van der Waals surface area contributed by atoms with E-state index in [9.17, 15) is 13.2 Å². The molecule has 0 heterocycles. The number of carbonyl (C=O) groups excluding carboxylic acids is 1. The molecule has 0 saturated carbocycles. The smallest absolute Gasteiger partial charge is 0.261 e. The summed E-state index contributed by atoms with van der Waals surface area (Å²) in [4.78, 5) is 11.1. The van der Waals surface area contributed by atoms with Crippen LogP contribution in [0.1, 0.15) is 12.5 Å². The third-order valence-corrected chi connectivity index (χ3v) is 5.08. The molecule has 23 heavy (non-hydrogen) atoms. The van der Waals surface area contributed by atoms with E-state index >= 15 is 0 Å². The first-order valence-electron chi connectivity index (χ1n) is 6.55. The second kappa shape index (κ2) is 6.78. The number of hydrogen-bond donors (Lipinski definition) is 2. The molecule has 0 bridgehead atoms. The van der Waals surface area contributed by atoms with Crippen molar-refractivity contribution in [3.8, 4) is 0 Å². The van der Waals surface area contributed by atoms with E-state index in [0.717, 1.165) is 5.56 Å². The van der Waals surface area contributed by atoms with E-state index in [1.807, 2.05) is 0 Å². The summed E-state index contributed by atoms with van der Waals surface area (Å²) in [6, 6.07) is 8.92. The second-order valence-electron chi connectivity index (χ2n) is 4.89. The van der Waals surface area contributed by atoms with E-state index < -0.39 is 10.0 Å². The molecule has 0 saturated heterocycles. The van der Waals surface area contributed by atoms with Gasteiger partial charge in [-0.25, -0.2) is 8.42 Å². The fourth-order valence-corrected chi connectivity index (χ4v) is 3.37. The Morgan fingerprint density at radius 1 is 1.04 bits per heavy atom. The van der Waals surface area contributed by atoms with Crippen LogP contribution in [0.4, 0.5) is 11.4 Å². The van der Waals surface area contributed by atoms with Crippen molar-refractivity contribution in [2.24, 2.45) is 0 Å². The van der Waals surface area contributed by atoms with E-state index in [0.29, 0.717) is 10.7 Å². The highest BCUT2D eigenvalue weighted by atomic mass is 35.5. The van der Waals surface area contributed by atoms with Crippen molar-refractivity contribution in [1.82, 2.24) is 0 Å². The maximum absolute atomic E-state index is 12.4. The first kappa shape index (κ1) is 17.6. The molecule has 0 radical (unpaired) electrons. The first-order valence-corrected chi connectivity index (χ1v) is 8.79. The van der Waals surface area contributed by atoms with Gasteiger partial charge in [0.2, 0.25) is 5.91 Å². The third-order valence-electron chi connectivity index (χ3n) is 2.99. The lowest BCUT2D eigenvalue weighted by molar-refractivity contribution is -0.114. The second-order valence-corrected chi connectivity index (χ2v) is 7.39. The van der Waals surface area contributed by atoms with Crippen LogP contribution in [0.3, 0.4) is 0 Å². The number of anilines is 2. The van der Waals surface area contributed by atoms with Gasteiger partial charge in [0, 0.05) is 11.9 Å². The Balaban J connectivity index is 2.28. The standard InChI is InChI=1S/C15H14Cl2N2O3S/c1-9-3-5-12(8-13(9)16)23(21,22)19-11-4-6-15(14(17)7-11)18-10(2)20/h3-8,19H,1-2H3,(H,18,20). The van der Waals surface area contributed by atoms with Crippen molar-refractivity contribution in [1.29, 1.82) is 0 Å². The molecular weight excluding hydrogens is 359 g/mol. The van der Waals surface area contributed by atoms with Gasteiger partial charge in [-0.15, -0.1) is 0 Å². The van der Waals surface area contributed by atoms with Crippen molar-refractivity contribution in [2.75, 3.05) is 10.0 Å². The average Bonchev–Trinajstić information content (AvgIpc) is 2.44.